The zero-order valence-electron chi connectivity index (χ0n) is 13.4. The second-order valence-corrected chi connectivity index (χ2v) is 8.20. The lowest BCUT2D eigenvalue weighted by Crippen LogP contribution is -2.34. The van der Waals surface area contributed by atoms with E-state index >= 15 is 0 Å². The van der Waals surface area contributed by atoms with Gasteiger partial charge in [0.25, 0.3) is 0 Å². The Bertz CT molecular complexity index is 452. The maximum atomic E-state index is 12.1. The molecule has 3 nitrogen and oxygen atoms in total. The number of rotatable bonds is 5. The van der Waals surface area contributed by atoms with E-state index in [0.717, 1.165) is 11.3 Å². The van der Waals surface area contributed by atoms with Gasteiger partial charge >= 0.3 is 0 Å². The number of carbonyl (C=O) groups is 1. The van der Waals surface area contributed by atoms with Crippen molar-refractivity contribution >= 4 is 17.7 Å². The van der Waals surface area contributed by atoms with E-state index in [2.05, 4.69) is 44.9 Å². The number of amides is 1. The number of aryl methyl sites for hydroxylation is 1. The molecule has 1 atom stereocenters. The molecule has 0 spiro atoms. The van der Waals surface area contributed by atoms with Crippen LogP contribution in [0.2, 0.25) is 0 Å². The molecule has 1 aromatic heterocycles. The van der Waals surface area contributed by atoms with Crippen molar-refractivity contribution in [3.8, 4) is 0 Å². The number of thioether (sulfide) groups is 1. The van der Waals surface area contributed by atoms with Crippen LogP contribution in [-0.4, -0.2) is 21.4 Å². The van der Waals surface area contributed by atoms with E-state index in [1.807, 2.05) is 19.1 Å². The van der Waals surface area contributed by atoms with E-state index in [-0.39, 0.29) is 16.7 Å². The highest BCUT2D eigenvalue weighted by atomic mass is 32.2. The summed E-state index contributed by atoms with van der Waals surface area (Å²) < 4.78 is 0.103. The average molecular weight is 294 g/mol. The SMILES string of the molecule is Cc1cccnc1[C@H](NC(=O)CSC(C)(C)C)C(C)C. The maximum Gasteiger partial charge on any atom is 0.230 e. The van der Waals surface area contributed by atoms with Crippen molar-refractivity contribution in [3.63, 3.8) is 0 Å². The number of carbonyl (C=O) groups excluding carboxylic acids is 1. The van der Waals surface area contributed by atoms with Crippen molar-refractivity contribution in [2.45, 2.75) is 52.3 Å². The molecule has 1 heterocycles. The minimum absolute atomic E-state index is 0.0238. The second-order valence-electron chi connectivity index (χ2n) is 6.40. The molecule has 0 radical (unpaired) electrons. The molecule has 0 aromatic carbocycles. The molecular formula is C16H26N2OS. The van der Waals surface area contributed by atoms with E-state index in [9.17, 15) is 4.79 Å². The first-order valence-electron chi connectivity index (χ1n) is 7.05. The Morgan fingerprint density at radius 1 is 1.40 bits per heavy atom. The lowest BCUT2D eigenvalue weighted by Gasteiger charge is -2.24. The molecule has 0 saturated heterocycles. The maximum absolute atomic E-state index is 12.1. The van der Waals surface area contributed by atoms with Crippen LogP contribution in [0, 0.1) is 12.8 Å². The van der Waals surface area contributed by atoms with Crippen LogP contribution < -0.4 is 5.32 Å². The Morgan fingerprint density at radius 2 is 2.05 bits per heavy atom. The molecule has 0 saturated carbocycles. The van der Waals surface area contributed by atoms with Crippen LogP contribution in [0.4, 0.5) is 0 Å². The van der Waals surface area contributed by atoms with Gasteiger partial charge in [-0.2, -0.15) is 0 Å². The van der Waals surface area contributed by atoms with E-state index in [4.69, 9.17) is 0 Å². The zero-order chi connectivity index (χ0) is 15.3. The fourth-order valence-electron chi connectivity index (χ4n) is 1.87. The number of hydrogen-bond acceptors (Lipinski definition) is 3. The third kappa shape index (κ3) is 5.53. The summed E-state index contributed by atoms with van der Waals surface area (Å²) in [5.41, 5.74) is 2.09. The largest absolute Gasteiger partial charge is 0.347 e. The van der Waals surface area contributed by atoms with Crippen LogP contribution in [0.25, 0.3) is 0 Å². The van der Waals surface area contributed by atoms with Gasteiger partial charge in [0, 0.05) is 10.9 Å². The van der Waals surface area contributed by atoms with E-state index in [0.29, 0.717) is 11.7 Å². The summed E-state index contributed by atoms with van der Waals surface area (Å²) in [5, 5.41) is 3.12. The molecule has 0 bridgehead atoms. The van der Waals surface area contributed by atoms with Gasteiger partial charge in [-0.3, -0.25) is 9.78 Å². The second kappa shape index (κ2) is 7.11. The van der Waals surface area contributed by atoms with Gasteiger partial charge in [0.1, 0.15) is 0 Å². The molecular weight excluding hydrogens is 268 g/mol. The van der Waals surface area contributed by atoms with Gasteiger partial charge in [-0.1, -0.05) is 40.7 Å². The molecule has 1 N–H and O–H groups in total. The Kier molecular flexibility index (Phi) is 6.06. The van der Waals surface area contributed by atoms with Crippen molar-refractivity contribution in [3.05, 3.63) is 29.6 Å². The number of hydrogen-bond donors (Lipinski definition) is 1. The van der Waals surface area contributed by atoms with Gasteiger partial charge in [-0.15, -0.1) is 11.8 Å². The van der Waals surface area contributed by atoms with Gasteiger partial charge in [-0.25, -0.2) is 0 Å². The van der Waals surface area contributed by atoms with Crippen LogP contribution in [0.15, 0.2) is 18.3 Å². The zero-order valence-corrected chi connectivity index (χ0v) is 14.2. The van der Waals surface area contributed by atoms with Crippen LogP contribution in [-0.2, 0) is 4.79 Å². The lowest BCUT2D eigenvalue weighted by atomic mass is 9.97. The summed E-state index contributed by atoms with van der Waals surface area (Å²) in [7, 11) is 0. The minimum Gasteiger partial charge on any atom is -0.347 e. The van der Waals surface area contributed by atoms with E-state index in [1.165, 1.54) is 0 Å². The molecule has 1 rings (SSSR count). The van der Waals surface area contributed by atoms with Crippen LogP contribution in [0.5, 0.6) is 0 Å². The molecule has 1 amide bonds. The third-order valence-corrected chi connectivity index (χ3v) is 4.24. The highest BCUT2D eigenvalue weighted by molar-refractivity contribution is 8.01. The molecule has 0 fully saturated rings. The van der Waals surface area contributed by atoms with Gasteiger partial charge in [0.05, 0.1) is 17.5 Å². The quantitative estimate of drug-likeness (QED) is 0.899. The summed E-state index contributed by atoms with van der Waals surface area (Å²) in [4.78, 5) is 16.6. The van der Waals surface area contributed by atoms with Gasteiger partial charge < -0.3 is 5.32 Å². The van der Waals surface area contributed by atoms with Gasteiger partial charge in [0.15, 0.2) is 0 Å². The molecule has 20 heavy (non-hydrogen) atoms. The molecule has 1 aromatic rings. The Balaban J connectivity index is 2.74. The first kappa shape index (κ1) is 17.0. The summed E-state index contributed by atoms with van der Waals surface area (Å²) in [6.45, 7) is 12.6. The molecule has 0 aliphatic rings. The molecule has 4 heteroatoms. The van der Waals surface area contributed by atoms with Crippen molar-refractivity contribution in [2.24, 2.45) is 5.92 Å². The van der Waals surface area contributed by atoms with E-state index < -0.39 is 0 Å². The summed E-state index contributed by atoms with van der Waals surface area (Å²) in [6.07, 6.45) is 1.79. The Labute approximate surface area is 126 Å². The van der Waals surface area contributed by atoms with Crippen LogP contribution in [0.1, 0.15) is 51.9 Å². The van der Waals surface area contributed by atoms with Crippen LogP contribution in [0.3, 0.4) is 0 Å². The first-order chi connectivity index (χ1) is 9.20. The normalized spacial score (nSPS) is 13.3. The van der Waals surface area contributed by atoms with Crippen molar-refractivity contribution in [2.75, 3.05) is 5.75 Å². The van der Waals surface area contributed by atoms with Crippen molar-refractivity contribution < 1.29 is 4.79 Å². The predicted molar refractivity (Wildman–Crippen MR) is 86.9 cm³/mol. The molecule has 0 aliphatic carbocycles. The third-order valence-electron chi connectivity index (χ3n) is 2.96. The minimum atomic E-state index is -0.0238. The average Bonchev–Trinajstić information content (AvgIpc) is 2.33. The van der Waals surface area contributed by atoms with Crippen molar-refractivity contribution in [1.82, 2.24) is 10.3 Å². The Hall–Kier alpha value is -1.03. The number of nitrogens with zero attached hydrogens (tertiary/aromatic N) is 1. The summed E-state index contributed by atoms with van der Waals surface area (Å²) in [5.74, 6) is 0.874. The topological polar surface area (TPSA) is 42.0 Å². The number of nitrogens with one attached hydrogen (secondary N) is 1. The van der Waals surface area contributed by atoms with Gasteiger partial charge in [0.2, 0.25) is 5.91 Å². The fraction of sp³-hybridized carbons (Fsp3) is 0.625. The van der Waals surface area contributed by atoms with Crippen LogP contribution >= 0.6 is 11.8 Å². The molecule has 0 unspecified atom stereocenters. The lowest BCUT2D eigenvalue weighted by molar-refractivity contribution is -0.119. The standard InChI is InChI=1S/C16H26N2OS/c1-11(2)14(15-12(3)8-7-9-17-15)18-13(19)10-20-16(4,5)6/h7-9,11,14H,10H2,1-6H3,(H,18,19)/t14-/m1/s1. The first-order valence-corrected chi connectivity index (χ1v) is 8.04. The molecule has 0 aliphatic heterocycles. The summed E-state index contributed by atoms with van der Waals surface area (Å²) >= 11 is 1.66. The van der Waals surface area contributed by atoms with Gasteiger partial charge in [-0.05, 0) is 24.5 Å². The fourth-order valence-corrected chi connectivity index (χ4v) is 2.52. The predicted octanol–water partition coefficient (Wildman–Crippen LogP) is 3.74. The Morgan fingerprint density at radius 3 is 2.55 bits per heavy atom. The summed E-state index contributed by atoms with van der Waals surface area (Å²) in [6, 6.07) is 3.94. The monoisotopic (exact) mass is 294 g/mol. The highest BCUT2D eigenvalue weighted by Crippen LogP contribution is 2.25. The van der Waals surface area contributed by atoms with Crippen molar-refractivity contribution in [1.29, 1.82) is 0 Å². The molecule has 112 valence electrons. The highest BCUT2D eigenvalue weighted by Gasteiger charge is 2.22. The number of aromatic nitrogens is 1. The smallest absolute Gasteiger partial charge is 0.230 e. The number of pyridine rings is 1. The van der Waals surface area contributed by atoms with E-state index in [1.54, 1.807) is 18.0 Å².